The number of nitrogens with one attached hydrogen (secondary N) is 3. The van der Waals surface area contributed by atoms with Gasteiger partial charge in [-0.3, -0.25) is 0 Å². The predicted octanol–water partition coefficient (Wildman–Crippen LogP) is 4.73. The molecule has 1 saturated heterocycles. The highest BCUT2D eigenvalue weighted by atomic mass is 19.3. The van der Waals surface area contributed by atoms with Crippen LogP contribution in [0.15, 0.2) is 29.5 Å². The summed E-state index contributed by atoms with van der Waals surface area (Å²) < 4.78 is 62.4. The van der Waals surface area contributed by atoms with Gasteiger partial charge in [0.2, 0.25) is 11.8 Å². The smallest absolute Gasteiger partial charge is 0.255 e. The topological polar surface area (TPSA) is 103 Å². The lowest BCUT2D eigenvalue weighted by Gasteiger charge is -2.39. The Bertz CT molecular complexity index is 1230. The number of benzene rings is 1. The maximum Gasteiger partial charge on any atom is 0.255 e. The number of fused-ring (bicyclic) bond motifs is 1. The van der Waals surface area contributed by atoms with Crippen molar-refractivity contribution >= 4 is 22.8 Å². The molecular weight excluding hydrogens is 468 g/mol. The van der Waals surface area contributed by atoms with E-state index in [1.165, 1.54) is 36.7 Å². The third-order valence-corrected chi connectivity index (χ3v) is 6.01. The van der Waals surface area contributed by atoms with Crippen molar-refractivity contribution in [3.05, 3.63) is 30.2 Å². The van der Waals surface area contributed by atoms with Gasteiger partial charge in [0.05, 0.1) is 37.1 Å². The first-order valence-corrected chi connectivity index (χ1v) is 10.9. The molecule has 0 aliphatic carbocycles. The first kappa shape index (κ1) is 24.6. The number of hydrogen-bond donors (Lipinski definition) is 3. The van der Waals surface area contributed by atoms with Crippen LogP contribution in [0.5, 0.6) is 5.88 Å². The number of halogens is 4. The van der Waals surface area contributed by atoms with Crippen LogP contribution in [-0.4, -0.2) is 71.4 Å². The van der Waals surface area contributed by atoms with E-state index in [4.69, 9.17) is 10.3 Å². The van der Waals surface area contributed by atoms with Gasteiger partial charge >= 0.3 is 0 Å². The third kappa shape index (κ3) is 4.99. The molecule has 4 rings (SSSR count). The lowest BCUT2D eigenvalue weighted by Crippen LogP contribution is -2.54. The van der Waals surface area contributed by atoms with Gasteiger partial charge in [-0.1, -0.05) is 6.07 Å². The Morgan fingerprint density at radius 3 is 2.80 bits per heavy atom. The van der Waals surface area contributed by atoms with Crippen molar-refractivity contribution in [2.24, 2.45) is 5.11 Å². The second-order valence-electron chi connectivity index (χ2n) is 8.71. The summed E-state index contributed by atoms with van der Waals surface area (Å²) in [5.41, 5.74) is 6.62. The number of alkyl halides is 3. The van der Waals surface area contributed by atoms with Crippen LogP contribution in [0.1, 0.15) is 13.3 Å². The summed E-state index contributed by atoms with van der Waals surface area (Å²) in [6.07, 6.45) is -0.960. The molecule has 35 heavy (non-hydrogen) atoms. The second kappa shape index (κ2) is 9.64. The Labute approximate surface area is 199 Å². The van der Waals surface area contributed by atoms with Crippen LogP contribution in [0, 0.1) is 11.3 Å². The van der Waals surface area contributed by atoms with E-state index in [1.807, 2.05) is 11.9 Å². The predicted molar refractivity (Wildman–Crippen MR) is 123 cm³/mol. The zero-order valence-electron chi connectivity index (χ0n) is 19.4. The standard InChI is InChI=1S/C22H26F4N8O/c1-22(26)11-33(2)7-6-16(22)29-21-30-20(35-3)19-18(13(23)10-34(19)32-21)12-4-5-14(31-27)15(8-12)28-9-17(24)25/h4-5,8,10,16-17,27-28H,6-7,9,11H2,1-3H3,(H,29,32)/t16-,22?/m1/s1. The van der Waals surface area contributed by atoms with Gasteiger partial charge in [-0.15, -0.1) is 5.10 Å². The molecule has 1 aromatic carbocycles. The number of hydrogen-bond acceptors (Lipinski definition) is 8. The summed E-state index contributed by atoms with van der Waals surface area (Å²) >= 11 is 0. The van der Waals surface area contributed by atoms with E-state index in [1.54, 1.807) is 0 Å². The number of likely N-dealkylation sites (tertiary alicyclic amines) is 1. The number of methoxy groups -OCH3 is 1. The minimum atomic E-state index is -2.63. The molecule has 13 heteroatoms. The Morgan fingerprint density at radius 1 is 1.37 bits per heavy atom. The number of rotatable bonds is 8. The Balaban J connectivity index is 1.74. The molecule has 3 heterocycles. The summed E-state index contributed by atoms with van der Waals surface area (Å²) in [4.78, 5) is 6.24. The SMILES string of the molecule is COc1nc(N[C@@H]2CCN(C)CC2(C)F)nn2cc(F)c(-c3ccc(N=N)c(NCC(F)F)c3)c12. The van der Waals surface area contributed by atoms with Crippen molar-refractivity contribution < 1.29 is 22.3 Å². The highest BCUT2D eigenvalue weighted by Gasteiger charge is 2.39. The van der Waals surface area contributed by atoms with Crippen LogP contribution in [0.25, 0.3) is 16.6 Å². The number of aromatic nitrogens is 3. The summed E-state index contributed by atoms with van der Waals surface area (Å²) in [6, 6.07) is 3.81. The molecule has 1 aliphatic heterocycles. The fourth-order valence-electron chi connectivity index (χ4n) is 4.36. The van der Waals surface area contributed by atoms with Crippen molar-refractivity contribution in [3.63, 3.8) is 0 Å². The molecule has 0 bridgehead atoms. The molecule has 1 aliphatic rings. The van der Waals surface area contributed by atoms with E-state index in [0.29, 0.717) is 18.5 Å². The minimum Gasteiger partial charge on any atom is -0.479 e. The third-order valence-electron chi connectivity index (χ3n) is 6.01. The molecule has 0 spiro atoms. The van der Waals surface area contributed by atoms with E-state index < -0.39 is 30.5 Å². The fourth-order valence-corrected chi connectivity index (χ4v) is 4.36. The van der Waals surface area contributed by atoms with Crippen LogP contribution in [0.4, 0.5) is 34.9 Å². The van der Waals surface area contributed by atoms with E-state index in [2.05, 4.69) is 25.8 Å². The van der Waals surface area contributed by atoms with Gasteiger partial charge < -0.3 is 20.3 Å². The average molecular weight is 494 g/mol. The van der Waals surface area contributed by atoms with Crippen LogP contribution in [-0.2, 0) is 0 Å². The van der Waals surface area contributed by atoms with Gasteiger partial charge in [0.15, 0.2) is 5.82 Å². The van der Waals surface area contributed by atoms with E-state index >= 15 is 8.78 Å². The summed E-state index contributed by atoms with van der Waals surface area (Å²) in [6.45, 7) is 1.79. The van der Waals surface area contributed by atoms with Crippen LogP contribution in [0.3, 0.4) is 0 Å². The monoisotopic (exact) mass is 494 g/mol. The van der Waals surface area contributed by atoms with Crippen molar-refractivity contribution in [2.75, 3.05) is 44.4 Å². The molecule has 3 aromatic rings. The molecular formula is C22H26F4N8O. The number of anilines is 2. The zero-order chi connectivity index (χ0) is 25.3. The summed E-state index contributed by atoms with van der Waals surface area (Å²) in [7, 11) is 3.22. The van der Waals surface area contributed by atoms with E-state index in [9.17, 15) is 8.78 Å². The largest absolute Gasteiger partial charge is 0.479 e. The van der Waals surface area contributed by atoms with E-state index in [-0.39, 0.29) is 40.8 Å². The maximum atomic E-state index is 15.2. The molecule has 2 atom stereocenters. The molecule has 1 fully saturated rings. The van der Waals surface area contributed by atoms with Crippen molar-refractivity contribution in [2.45, 2.75) is 31.5 Å². The molecule has 0 saturated carbocycles. The zero-order valence-corrected chi connectivity index (χ0v) is 19.4. The molecule has 2 aromatic heterocycles. The molecule has 0 radical (unpaired) electrons. The number of ether oxygens (including phenoxy) is 1. The number of piperidine rings is 1. The van der Waals surface area contributed by atoms with Gasteiger partial charge in [-0.05, 0) is 38.1 Å². The van der Waals surface area contributed by atoms with Crippen LogP contribution < -0.4 is 15.4 Å². The maximum absolute atomic E-state index is 15.2. The Kier molecular flexibility index (Phi) is 6.79. The summed E-state index contributed by atoms with van der Waals surface area (Å²) in [5.74, 6) is -0.525. The van der Waals surface area contributed by atoms with Crippen molar-refractivity contribution in [3.8, 4) is 17.0 Å². The Hall–Kier alpha value is -3.48. The normalized spacial score (nSPS) is 20.9. The highest BCUT2D eigenvalue weighted by molar-refractivity contribution is 5.88. The molecule has 1 unspecified atom stereocenters. The quantitative estimate of drug-likeness (QED) is 0.309. The van der Waals surface area contributed by atoms with Crippen molar-refractivity contribution in [1.29, 1.82) is 5.53 Å². The Morgan fingerprint density at radius 2 is 2.14 bits per heavy atom. The van der Waals surface area contributed by atoms with Gasteiger partial charge in [0, 0.05) is 13.1 Å². The van der Waals surface area contributed by atoms with Crippen molar-refractivity contribution in [1.82, 2.24) is 19.5 Å². The van der Waals surface area contributed by atoms with Gasteiger partial charge in [-0.2, -0.15) is 10.1 Å². The average Bonchev–Trinajstić information content (AvgIpc) is 3.14. The van der Waals surface area contributed by atoms with Gasteiger partial charge in [0.1, 0.15) is 16.9 Å². The molecule has 3 N–H and O–H groups in total. The number of nitrogens with zero attached hydrogens (tertiary/aromatic N) is 5. The minimum absolute atomic E-state index is 0.0474. The summed E-state index contributed by atoms with van der Waals surface area (Å²) in [5, 5.41) is 13.2. The lowest BCUT2D eigenvalue weighted by molar-refractivity contribution is 0.0619. The van der Waals surface area contributed by atoms with Crippen LogP contribution in [0.2, 0.25) is 0 Å². The van der Waals surface area contributed by atoms with Gasteiger partial charge in [-0.25, -0.2) is 27.6 Å². The highest BCUT2D eigenvalue weighted by Crippen LogP contribution is 2.38. The molecule has 188 valence electrons. The van der Waals surface area contributed by atoms with Crippen LogP contribution >= 0.6 is 0 Å². The second-order valence-corrected chi connectivity index (χ2v) is 8.71. The molecule has 0 amide bonds. The first-order chi connectivity index (χ1) is 16.6. The lowest BCUT2D eigenvalue weighted by atomic mass is 9.91. The fraction of sp³-hybridized carbons (Fsp3) is 0.455. The van der Waals surface area contributed by atoms with Gasteiger partial charge in [0.25, 0.3) is 6.43 Å². The first-order valence-electron chi connectivity index (χ1n) is 10.9. The van der Waals surface area contributed by atoms with E-state index in [0.717, 1.165) is 6.20 Å². The molecule has 9 nitrogen and oxygen atoms in total.